The predicted molar refractivity (Wildman–Crippen MR) is 114 cm³/mol. The number of carbonyl (C=O) groups is 1. The Kier molecular flexibility index (Phi) is 6.61. The van der Waals surface area contributed by atoms with Gasteiger partial charge in [-0.15, -0.1) is 0 Å². The summed E-state index contributed by atoms with van der Waals surface area (Å²) in [7, 11) is 0. The van der Waals surface area contributed by atoms with Crippen molar-refractivity contribution in [3.05, 3.63) is 57.8 Å². The number of benzene rings is 1. The molecule has 2 aromatic heterocycles. The summed E-state index contributed by atoms with van der Waals surface area (Å²) in [6.07, 6.45) is 1.31. The molecule has 11 heteroatoms. The average molecular weight is 441 g/mol. The fourth-order valence-electron chi connectivity index (χ4n) is 2.31. The molecule has 0 spiro atoms. The van der Waals surface area contributed by atoms with E-state index >= 15 is 0 Å². The normalized spacial score (nSPS) is 11.3. The molecule has 1 amide bonds. The van der Waals surface area contributed by atoms with Gasteiger partial charge in [0.1, 0.15) is 23.2 Å². The molecular weight excluding hydrogens is 426 g/mol. The lowest BCUT2D eigenvalue weighted by atomic mass is 10.1. The van der Waals surface area contributed by atoms with Crippen LogP contribution >= 0.6 is 23.3 Å². The molecule has 152 valence electrons. The standard InChI is InChI=1S/C19H15N5O4S2/c1-11(2)29-19-22-18(30-23-19)21-17(25)13(10-20)9-15-7-8-16(28-15)12-3-5-14(6-4-12)24(26)27/h3-9,11H,1-2H3,(H,21,22,23,25)/b13-9-. The molecule has 30 heavy (non-hydrogen) atoms. The molecule has 0 aliphatic heterocycles. The maximum Gasteiger partial charge on any atom is 0.269 e. The van der Waals surface area contributed by atoms with Crippen molar-refractivity contribution >= 4 is 46.1 Å². The lowest BCUT2D eigenvalue weighted by molar-refractivity contribution is -0.384. The highest BCUT2D eigenvalue weighted by molar-refractivity contribution is 7.99. The van der Waals surface area contributed by atoms with Gasteiger partial charge >= 0.3 is 0 Å². The minimum absolute atomic E-state index is 0.0273. The number of non-ortho nitro benzene ring substituents is 1. The molecule has 0 radical (unpaired) electrons. The Morgan fingerprint density at radius 2 is 2.07 bits per heavy atom. The van der Waals surface area contributed by atoms with Gasteiger partial charge in [-0.1, -0.05) is 25.6 Å². The Bertz CT molecular complexity index is 1140. The summed E-state index contributed by atoms with van der Waals surface area (Å²) in [4.78, 5) is 26.9. The minimum atomic E-state index is -0.622. The van der Waals surface area contributed by atoms with E-state index < -0.39 is 10.8 Å². The van der Waals surface area contributed by atoms with Gasteiger partial charge in [0.15, 0.2) is 0 Å². The number of furan rings is 1. The van der Waals surface area contributed by atoms with Crippen LogP contribution < -0.4 is 5.32 Å². The number of hydrogen-bond donors (Lipinski definition) is 1. The van der Waals surface area contributed by atoms with Crippen LogP contribution in [0.3, 0.4) is 0 Å². The van der Waals surface area contributed by atoms with Gasteiger partial charge < -0.3 is 4.42 Å². The first-order valence-corrected chi connectivity index (χ1v) is 10.3. The summed E-state index contributed by atoms with van der Waals surface area (Å²) in [6, 6.07) is 11.0. The molecule has 2 heterocycles. The van der Waals surface area contributed by atoms with Gasteiger partial charge in [-0.2, -0.15) is 14.6 Å². The number of thioether (sulfide) groups is 1. The maximum absolute atomic E-state index is 12.4. The van der Waals surface area contributed by atoms with Gasteiger partial charge in [0.25, 0.3) is 11.6 Å². The van der Waals surface area contributed by atoms with Crippen LogP contribution in [0, 0.1) is 21.4 Å². The SMILES string of the molecule is CC(C)Sc1nsc(NC(=O)/C(C#N)=C\c2ccc(-c3ccc([N+](=O)[O-])cc3)o2)n1. The molecule has 0 saturated heterocycles. The van der Waals surface area contributed by atoms with Crippen molar-refractivity contribution in [3.8, 4) is 17.4 Å². The smallest absolute Gasteiger partial charge is 0.269 e. The Labute approximate surface area is 179 Å². The van der Waals surface area contributed by atoms with Crippen molar-refractivity contribution in [3.63, 3.8) is 0 Å². The van der Waals surface area contributed by atoms with Crippen molar-refractivity contribution < 1.29 is 14.1 Å². The van der Waals surface area contributed by atoms with Gasteiger partial charge in [0, 0.05) is 40.6 Å². The quantitative estimate of drug-likeness (QED) is 0.182. The third-order valence-electron chi connectivity index (χ3n) is 3.61. The van der Waals surface area contributed by atoms with E-state index in [1.54, 1.807) is 24.3 Å². The highest BCUT2D eigenvalue weighted by Crippen LogP contribution is 2.26. The maximum atomic E-state index is 12.4. The second kappa shape index (κ2) is 9.34. The zero-order valence-corrected chi connectivity index (χ0v) is 17.5. The number of carbonyl (C=O) groups excluding carboxylic acids is 1. The van der Waals surface area contributed by atoms with Crippen molar-refractivity contribution in [2.45, 2.75) is 24.3 Å². The van der Waals surface area contributed by atoms with E-state index in [0.717, 1.165) is 11.5 Å². The number of hydrogen-bond acceptors (Lipinski definition) is 9. The molecule has 0 aliphatic carbocycles. The summed E-state index contributed by atoms with van der Waals surface area (Å²) < 4.78 is 9.79. The molecular formula is C19H15N5O4S2. The number of nitrogens with zero attached hydrogens (tertiary/aromatic N) is 4. The molecule has 0 unspecified atom stereocenters. The van der Waals surface area contributed by atoms with Crippen molar-refractivity contribution in [2.75, 3.05) is 5.32 Å². The number of nitro groups is 1. The van der Waals surface area contributed by atoms with Gasteiger partial charge in [-0.05, 0) is 24.3 Å². The molecule has 0 saturated carbocycles. The molecule has 3 rings (SSSR count). The lowest BCUT2D eigenvalue weighted by Gasteiger charge is -1.99. The largest absolute Gasteiger partial charge is 0.457 e. The molecule has 3 aromatic rings. The summed E-state index contributed by atoms with van der Waals surface area (Å²) in [6.45, 7) is 4.02. The summed E-state index contributed by atoms with van der Waals surface area (Å²) in [5.74, 6) is 0.125. The Morgan fingerprint density at radius 1 is 1.33 bits per heavy atom. The Hall–Kier alpha value is -3.49. The van der Waals surface area contributed by atoms with Gasteiger partial charge in [-0.25, -0.2) is 0 Å². The van der Waals surface area contributed by atoms with E-state index in [-0.39, 0.29) is 11.3 Å². The summed E-state index contributed by atoms with van der Waals surface area (Å²) >= 11 is 2.51. The van der Waals surface area contributed by atoms with Crippen LogP contribution in [0.25, 0.3) is 17.4 Å². The van der Waals surface area contributed by atoms with E-state index in [2.05, 4.69) is 14.7 Å². The van der Waals surface area contributed by atoms with Gasteiger partial charge in [0.2, 0.25) is 10.3 Å². The molecule has 1 N–H and O–H groups in total. The zero-order chi connectivity index (χ0) is 21.7. The van der Waals surface area contributed by atoms with E-state index in [1.807, 2.05) is 19.9 Å². The molecule has 0 fully saturated rings. The number of amides is 1. The van der Waals surface area contributed by atoms with E-state index in [1.165, 1.54) is 30.0 Å². The molecule has 9 nitrogen and oxygen atoms in total. The zero-order valence-electron chi connectivity index (χ0n) is 15.9. The van der Waals surface area contributed by atoms with E-state index in [4.69, 9.17) is 4.42 Å². The minimum Gasteiger partial charge on any atom is -0.457 e. The highest BCUT2D eigenvalue weighted by atomic mass is 32.2. The predicted octanol–water partition coefficient (Wildman–Crippen LogP) is 4.75. The van der Waals surface area contributed by atoms with Gasteiger partial charge in [-0.3, -0.25) is 20.2 Å². The second-order valence-electron chi connectivity index (χ2n) is 6.18. The number of anilines is 1. The second-order valence-corrected chi connectivity index (χ2v) is 8.47. The first kappa shape index (κ1) is 21.2. The first-order chi connectivity index (χ1) is 14.4. The van der Waals surface area contributed by atoms with Crippen LogP contribution in [0.15, 0.2) is 51.5 Å². The number of rotatable bonds is 7. The van der Waals surface area contributed by atoms with Crippen molar-refractivity contribution in [1.82, 2.24) is 9.36 Å². The van der Waals surface area contributed by atoms with Crippen LogP contribution in [0.1, 0.15) is 19.6 Å². The molecule has 0 bridgehead atoms. The van der Waals surface area contributed by atoms with Crippen molar-refractivity contribution in [1.29, 1.82) is 5.26 Å². The lowest BCUT2D eigenvalue weighted by Crippen LogP contribution is -2.13. The van der Waals surface area contributed by atoms with Gasteiger partial charge in [0.05, 0.1) is 4.92 Å². The summed E-state index contributed by atoms with van der Waals surface area (Å²) in [5, 5.41) is 23.8. The number of aromatic nitrogens is 2. The van der Waals surface area contributed by atoms with Crippen LogP contribution in [0.2, 0.25) is 0 Å². The van der Waals surface area contributed by atoms with Crippen LogP contribution in [-0.4, -0.2) is 25.4 Å². The van der Waals surface area contributed by atoms with Crippen molar-refractivity contribution in [2.24, 2.45) is 0 Å². The number of nitrogens with one attached hydrogen (secondary N) is 1. The molecule has 0 aliphatic rings. The monoisotopic (exact) mass is 441 g/mol. The number of nitro benzene ring substituents is 1. The molecule has 0 atom stereocenters. The summed E-state index contributed by atoms with van der Waals surface area (Å²) in [5.41, 5.74) is 0.445. The Balaban J connectivity index is 1.73. The third-order valence-corrected chi connectivity index (χ3v) is 5.22. The van der Waals surface area contributed by atoms with E-state index in [9.17, 15) is 20.2 Å². The fraction of sp³-hybridized carbons (Fsp3) is 0.158. The van der Waals surface area contributed by atoms with Crippen LogP contribution in [0.4, 0.5) is 10.8 Å². The molecule has 1 aromatic carbocycles. The first-order valence-electron chi connectivity index (χ1n) is 8.64. The topological polar surface area (TPSA) is 135 Å². The third kappa shape index (κ3) is 5.31. The van der Waals surface area contributed by atoms with Crippen LogP contribution in [0.5, 0.6) is 0 Å². The highest BCUT2D eigenvalue weighted by Gasteiger charge is 2.15. The average Bonchev–Trinajstić information content (AvgIpc) is 3.35. The Morgan fingerprint density at radius 3 is 2.70 bits per heavy atom. The fourth-order valence-corrected chi connectivity index (χ4v) is 3.69. The van der Waals surface area contributed by atoms with E-state index in [0.29, 0.717) is 32.6 Å². The number of nitriles is 1. The van der Waals surface area contributed by atoms with Crippen LogP contribution in [-0.2, 0) is 4.79 Å².